The van der Waals surface area contributed by atoms with E-state index in [2.05, 4.69) is 16.0 Å². The van der Waals surface area contributed by atoms with Gasteiger partial charge in [0.15, 0.2) is 6.04 Å². The maximum atomic E-state index is 13.1. The van der Waals surface area contributed by atoms with Crippen molar-refractivity contribution in [3.05, 3.63) is 35.9 Å². The number of aliphatic hydroxyl groups is 1. The van der Waals surface area contributed by atoms with Gasteiger partial charge in [0.1, 0.15) is 12.1 Å². The van der Waals surface area contributed by atoms with Crippen molar-refractivity contribution in [3.8, 4) is 0 Å². The summed E-state index contributed by atoms with van der Waals surface area (Å²) in [6.07, 6.45) is 1.68. The second kappa shape index (κ2) is 15.4. The fourth-order valence-corrected chi connectivity index (χ4v) is 3.80. The number of carbonyl (C=O) groups excluding carboxylic acids is 3. The van der Waals surface area contributed by atoms with E-state index in [-0.39, 0.29) is 5.92 Å². The number of aliphatic hydroxyl groups excluding tert-OH is 1. The standard InChI is InChI=1S/C24H38N4O6S/c1-5-14(2)19(23(32)28-20(15(3)29)24(33)34)27-22(31)18(11-12-35-4)26-21(30)17(25)13-16-9-7-6-8-10-16/h6-10,14-15,17-20,29H,5,11-13,25H2,1-4H3,(H,26,30)(H,27,31)(H,28,32)(H,33,34). The van der Waals surface area contributed by atoms with Crippen LogP contribution < -0.4 is 21.7 Å². The average Bonchev–Trinajstić information content (AvgIpc) is 2.82. The van der Waals surface area contributed by atoms with E-state index in [1.165, 1.54) is 18.7 Å². The summed E-state index contributed by atoms with van der Waals surface area (Å²) in [5.41, 5.74) is 6.95. The van der Waals surface area contributed by atoms with Gasteiger partial charge in [-0.25, -0.2) is 4.79 Å². The van der Waals surface area contributed by atoms with E-state index in [1.807, 2.05) is 43.5 Å². The molecule has 0 aliphatic heterocycles. The van der Waals surface area contributed by atoms with Crippen LogP contribution in [0.2, 0.25) is 0 Å². The number of thioether (sulfide) groups is 1. The number of carboxylic acid groups (broad SMARTS) is 1. The van der Waals surface area contributed by atoms with E-state index in [9.17, 15) is 29.4 Å². The zero-order valence-electron chi connectivity index (χ0n) is 20.7. The fourth-order valence-electron chi connectivity index (χ4n) is 3.33. The normalized spacial score (nSPS) is 16.2. The van der Waals surface area contributed by atoms with Gasteiger partial charge in [-0.2, -0.15) is 11.8 Å². The number of benzene rings is 1. The molecule has 0 aliphatic carbocycles. The lowest BCUT2D eigenvalue weighted by Gasteiger charge is -2.28. The van der Waals surface area contributed by atoms with Crippen LogP contribution in [-0.4, -0.2) is 76.2 Å². The van der Waals surface area contributed by atoms with Crippen molar-refractivity contribution in [2.24, 2.45) is 11.7 Å². The average molecular weight is 511 g/mol. The molecule has 11 heteroatoms. The molecule has 3 amide bonds. The van der Waals surface area contributed by atoms with Gasteiger partial charge in [0, 0.05) is 0 Å². The molecule has 1 rings (SSSR count). The summed E-state index contributed by atoms with van der Waals surface area (Å²) in [6.45, 7) is 4.83. The van der Waals surface area contributed by atoms with E-state index < -0.39 is 54.0 Å². The summed E-state index contributed by atoms with van der Waals surface area (Å²) in [5.74, 6) is -2.92. The Hall–Kier alpha value is -2.63. The van der Waals surface area contributed by atoms with Crippen LogP contribution in [0.15, 0.2) is 30.3 Å². The zero-order chi connectivity index (χ0) is 26.5. The molecule has 0 aliphatic rings. The molecule has 196 valence electrons. The molecule has 1 aromatic rings. The molecular formula is C24H38N4O6S. The quantitative estimate of drug-likeness (QED) is 0.195. The highest BCUT2D eigenvalue weighted by molar-refractivity contribution is 7.98. The molecular weight excluding hydrogens is 472 g/mol. The smallest absolute Gasteiger partial charge is 0.328 e. The van der Waals surface area contributed by atoms with Gasteiger partial charge in [0.05, 0.1) is 12.1 Å². The van der Waals surface area contributed by atoms with E-state index in [1.54, 1.807) is 6.92 Å². The van der Waals surface area contributed by atoms with E-state index >= 15 is 0 Å². The molecule has 0 fully saturated rings. The highest BCUT2D eigenvalue weighted by Crippen LogP contribution is 2.11. The monoisotopic (exact) mass is 510 g/mol. The third-order valence-electron chi connectivity index (χ3n) is 5.72. The molecule has 7 N–H and O–H groups in total. The lowest BCUT2D eigenvalue weighted by molar-refractivity contribution is -0.145. The van der Waals surface area contributed by atoms with Crippen molar-refractivity contribution in [1.29, 1.82) is 0 Å². The molecule has 0 heterocycles. The third-order valence-corrected chi connectivity index (χ3v) is 6.36. The summed E-state index contributed by atoms with van der Waals surface area (Å²) in [5, 5.41) is 26.6. The van der Waals surface area contributed by atoms with Crippen molar-refractivity contribution < 1.29 is 29.4 Å². The van der Waals surface area contributed by atoms with Crippen molar-refractivity contribution in [2.75, 3.05) is 12.0 Å². The van der Waals surface area contributed by atoms with Crippen molar-refractivity contribution >= 4 is 35.5 Å². The number of nitrogens with one attached hydrogen (secondary N) is 3. The second-order valence-corrected chi connectivity index (χ2v) is 9.56. The van der Waals surface area contributed by atoms with Gasteiger partial charge >= 0.3 is 5.97 Å². The Labute approximate surface area is 210 Å². The lowest BCUT2D eigenvalue weighted by atomic mass is 9.97. The number of carbonyl (C=O) groups is 4. The molecule has 0 bridgehead atoms. The van der Waals surface area contributed by atoms with Gasteiger partial charge in [-0.1, -0.05) is 50.6 Å². The van der Waals surface area contributed by atoms with Gasteiger partial charge in [-0.15, -0.1) is 0 Å². The van der Waals surface area contributed by atoms with E-state index in [4.69, 9.17) is 5.73 Å². The maximum absolute atomic E-state index is 13.1. The topological polar surface area (TPSA) is 171 Å². The molecule has 0 aromatic heterocycles. The summed E-state index contributed by atoms with van der Waals surface area (Å²) in [6, 6.07) is 4.91. The predicted molar refractivity (Wildman–Crippen MR) is 136 cm³/mol. The van der Waals surface area contributed by atoms with Crippen LogP contribution in [-0.2, 0) is 25.6 Å². The first-order valence-corrected chi connectivity index (χ1v) is 13.0. The van der Waals surface area contributed by atoms with Crippen LogP contribution in [0, 0.1) is 5.92 Å². The largest absolute Gasteiger partial charge is 0.480 e. The number of carboxylic acids is 1. The van der Waals surface area contributed by atoms with E-state index in [0.717, 1.165) is 5.56 Å². The maximum Gasteiger partial charge on any atom is 0.328 e. The number of nitrogens with two attached hydrogens (primary N) is 1. The van der Waals surface area contributed by atoms with Crippen LogP contribution in [0.3, 0.4) is 0 Å². The molecule has 6 atom stereocenters. The fraction of sp³-hybridized carbons (Fsp3) is 0.583. The van der Waals surface area contributed by atoms with Gasteiger partial charge in [0.25, 0.3) is 0 Å². The minimum Gasteiger partial charge on any atom is -0.480 e. The highest BCUT2D eigenvalue weighted by Gasteiger charge is 2.33. The van der Waals surface area contributed by atoms with Crippen molar-refractivity contribution in [1.82, 2.24) is 16.0 Å². The van der Waals surface area contributed by atoms with Gasteiger partial charge in [0.2, 0.25) is 17.7 Å². The first kappa shape index (κ1) is 30.4. The van der Waals surface area contributed by atoms with Crippen LogP contribution in [0.1, 0.15) is 39.2 Å². The Morgan fingerprint density at radius 2 is 1.57 bits per heavy atom. The van der Waals surface area contributed by atoms with Crippen LogP contribution in [0.5, 0.6) is 0 Å². The Balaban J connectivity index is 2.96. The summed E-state index contributed by atoms with van der Waals surface area (Å²) in [4.78, 5) is 50.1. The molecule has 35 heavy (non-hydrogen) atoms. The molecule has 1 aromatic carbocycles. The summed E-state index contributed by atoms with van der Waals surface area (Å²) in [7, 11) is 0. The first-order chi connectivity index (χ1) is 16.5. The molecule has 0 radical (unpaired) electrons. The number of rotatable bonds is 15. The third kappa shape index (κ3) is 10.3. The Morgan fingerprint density at radius 1 is 0.971 bits per heavy atom. The molecule has 0 saturated carbocycles. The lowest BCUT2D eigenvalue weighted by Crippen LogP contribution is -2.60. The molecule has 6 unspecified atom stereocenters. The van der Waals surface area contributed by atoms with Gasteiger partial charge in [-0.3, -0.25) is 14.4 Å². The summed E-state index contributed by atoms with van der Waals surface area (Å²) >= 11 is 1.50. The SMILES string of the molecule is CCC(C)C(NC(=O)C(CCSC)NC(=O)C(N)Cc1ccccc1)C(=O)NC(C(=O)O)C(C)O. The van der Waals surface area contributed by atoms with Crippen LogP contribution in [0.25, 0.3) is 0 Å². The zero-order valence-corrected chi connectivity index (χ0v) is 21.5. The van der Waals surface area contributed by atoms with Crippen molar-refractivity contribution in [3.63, 3.8) is 0 Å². The summed E-state index contributed by atoms with van der Waals surface area (Å²) < 4.78 is 0. The Bertz CT molecular complexity index is 839. The minimum atomic E-state index is -1.52. The molecule has 10 nitrogen and oxygen atoms in total. The number of amides is 3. The number of aliphatic carboxylic acids is 1. The Morgan fingerprint density at radius 3 is 2.09 bits per heavy atom. The predicted octanol–water partition coefficient (Wildman–Crippen LogP) is 0.275. The Kier molecular flexibility index (Phi) is 13.4. The minimum absolute atomic E-state index is 0.303. The highest BCUT2D eigenvalue weighted by atomic mass is 32.2. The molecule has 0 saturated heterocycles. The van der Waals surface area contributed by atoms with Gasteiger partial charge < -0.3 is 31.9 Å². The van der Waals surface area contributed by atoms with Crippen molar-refractivity contribution in [2.45, 2.75) is 70.3 Å². The van der Waals surface area contributed by atoms with Crippen LogP contribution in [0.4, 0.5) is 0 Å². The number of hydrogen-bond donors (Lipinski definition) is 6. The van der Waals surface area contributed by atoms with Crippen LogP contribution >= 0.6 is 11.8 Å². The number of hydrogen-bond acceptors (Lipinski definition) is 7. The van der Waals surface area contributed by atoms with E-state index in [0.29, 0.717) is 25.0 Å². The van der Waals surface area contributed by atoms with Gasteiger partial charge in [-0.05, 0) is 43.3 Å². The molecule has 0 spiro atoms. The second-order valence-electron chi connectivity index (χ2n) is 8.58. The first-order valence-electron chi connectivity index (χ1n) is 11.6.